The summed E-state index contributed by atoms with van der Waals surface area (Å²) in [6.07, 6.45) is 0. The molecule has 2 amide bonds. The van der Waals surface area contributed by atoms with Crippen molar-refractivity contribution in [2.24, 2.45) is 0 Å². The van der Waals surface area contributed by atoms with Crippen molar-refractivity contribution < 1.29 is 18.7 Å². The van der Waals surface area contributed by atoms with Crippen molar-refractivity contribution in [3.05, 3.63) is 101 Å². The van der Waals surface area contributed by atoms with Gasteiger partial charge in [0.1, 0.15) is 18.2 Å². The van der Waals surface area contributed by atoms with Gasteiger partial charge in [-0.15, -0.1) is 0 Å². The molecular formula is C27H24BrFN4O3. The smallest absolute Gasteiger partial charge is 0.255 e. The molecule has 0 bridgehead atoms. The summed E-state index contributed by atoms with van der Waals surface area (Å²) in [6.45, 7) is 0.310. The molecule has 0 fully saturated rings. The number of carbonyl (C=O) groups is 2. The normalized spacial score (nSPS) is 10.8. The van der Waals surface area contributed by atoms with E-state index in [2.05, 4.69) is 26.3 Å². The van der Waals surface area contributed by atoms with Gasteiger partial charge < -0.3 is 15.0 Å². The van der Waals surface area contributed by atoms with Crippen molar-refractivity contribution in [1.82, 2.24) is 14.7 Å². The maximum absolute atomic E-state index is 13.5. The average Bonchev–Trinajstić information content (AvgIpc) is 3.31. The molecule has 0 aliphatic heterocycles. The Balaban J connectivity index is 1.60. The number of nitrogens with one attached hydrogen (secondary N) is 1. The topological polar surface area (TPSA) is 76.5 Å². The molecule has 0 saturated heterocycles. The third-order valence-corrected chi connectivity index (χ3v) is 6.10. The molecular weight excluding hydrogens is 527 g/mol. The van der Waals surface area contributed by atoms with Crippen molar-refractivity contribution in [2.45, 2.75) is 0 Å². The summed E-state index contributed by atoms with van der Waals surface area (Å²) in [4.78, 5) is 27.7. The van der Waals surface area contributed by atoms with Crippen LogP contribution in [0.2, 0.25) is 0 Å². The number of benzene rings is 3. The number of hydrogen-bond acceptors (Lipinski definition) is 4. The Morgan fingerprint density at radius 2 is 1.72 bits per heavy atom. The van der Waals surface area contributed by atoms with Crippen LogP contribution in [0.1, 0.15) is 10.4 Å². The minimum Gasteiger partial charge on any atom is -0.383 e. The summed E-state index contributed by atoms with van der Waals surface area (Å²) in [5.74, 6) is -0.689. The number of halogens is 2. The van der Waals surface area contributed by atoms with Gasteiger partial charge in [-0.25, -0.2) is 9.07 Å². The molecule has 0 aliphatic rings. The number of ether oxygens (including phenoxy) is 1. The molecule has 0 spiro atoms. The first-order valence-corrected chi connectivity index (χ1v) is 12.0. The summed E-state index contributed by atoms with van der Waals surface area (Å²) in [6, 6.07) is 24.1. The fraction of sp³-hybridized carbons (Fsp3) is 0.148. The Kier molecular flexibility index (Phi) is 8.24. The lowest BCUT2D eigenvalue weighted by Gasteiger charge is -2.22. The third-order valence-electron chi connectivity index (χ3n) is 5.41. The number of amides is 2. The van der Waals surface area contributed by atoms with Gasteiger partial charge in [0.05, 0.1) is 23.6 Å². The maximum Gasteiger partial charge on any atom is 0.255 e. The monoisotopic (exact) mass is 550 g/mol. The lowest BCUT2D eigenvalue weighted by atomic mass is 10.1. The van der Waals surface area contributed by atoms with E-state index in [1.807, 2.05) is 36.4 Å². The van der Waals surface area contributed by atoms with Crippen molar-refractivity contribution in [3.8, 4) is 16.9 Å². The van der Waals surface area contributed by atoms with Crippen molar-refractivity contribution in [3.63, 3.8) is 0 Å². The molecule has 3 aromatic carbocycles. The highest BCUT2D eigenvalue weighted by Gasteiger charge is 2.22. The van der Waals surface area contributed by atoms with Crippen LogP contribution in [0.25, 0.3) is 16.9 Å². The molecule has 0 radical (unpaired) electrons. The third kappa shape index (κ3) is 6.05. The van der Waals surface area contributed by atoms with Crippen LogP contribution in [-0.2, 0) is 9.53 Å². The fourth-order valence-electron chi connectivity index (χ4n) is 3.61. The van der Waals surface area contributed by atoms with E-state index in [9.17, 15) is 14.0 Å². The van der Waals surface area contributed by atoms with E-state index in [0.717, 1.165) is 5.56 Å². The number of carbonyl (C=O) groups excluding carboxylic acids is 2. The number of hydrogen-bond donors (Lipinski definition) is 1. The molecule has 1 N–H and O–H groups in total. The highest BCUT2D eigenvalue weighted by atomic mass is 79.9. The van der Waals surface area contributed by atoms with Gasteiger partial charge in [0.2, 0.25) is 5.91 Å². The lowest BCUT2D eigenvalue weighted by molar-refractivity contribution is -0.117. The molecule has 0 unspecified atom stereocenters. The number of anilines is 1. The number of aromatic nitrogens is 2. The largest absolute Gasteiger partial charge is 0.383 e. The zero-order valence-corrected chi connectivity index (χ0v) is 21.1. The first-order chi connectivity index (χ1) is 17.5. The van der Waals surface area contributed by atoms with E-state index in [4.69, 9.17) is 4.74 Å². The van der Waals surface area contributed by atoms with Crippen LogP contribution in [0, 0.1) is 5.82 Å². The van der Waals surface area contributed by atoms with Crippen LogP contribution in [0.3, 0.4) is 0 Å². The Morgan fingerprint density at radius 3 is 2.42 bits per heavy atom. The first-order valence-electron chi connectivity index (χ1n) is 11.2. The van der Waals surface area contributed by atoms with Crippen molar-refractivity contribution in [1.29, 1.82) is 0 Å². The second-order valence-corrected chi connectivity index (χ2v) is 8.77. The molecule has 184 valence electrons. The summed E-state index contributed by atoms with van der Waals surface area (Å²) >= 11 is 3.40. The molecule has 7 nitrogen and oxygen atoms in total. The number of methoxy groups -OCH3 is 1. The second-order valence-electron chi connectivity index (χ2n) is 7.92. The Morgan fingerprint density at radius 1 is 1.03 bits per heavy atom. The minimum absolute atomic E-state index is 0.196. The highest BCUT2D eigenvalue weighted by molar-refractivity contribution is 9.10. The van der Waals surface area contributed by atoms with Crippen LogP contribution in [0.4, 0.5) is 10.2 Å². The van der Waals surface area contributed by atoms with Crippen molar-refractivity contribution in [2.75, 3.05) is 32.1 Å². The predicted octanol–water partition coefficient (Wildman–Crippen LogP) is 5.17. The van der Waals surface area contributed by atoms with Gasteiger partial charge in [0.25, 0.3) is 5.91 Å². The molecule has 1 heterocycles. The molecule has 4 rings (SSSR count). The molecule has 4 aromatic rings. The van der Waals surface area contributed by atoms with Gasteiger partial charge in [0, 0.05) is 29.8 Å². The molecule has 0 saturated carbocycles. The SMILES string of the molecule is COCCN(CC(=O)Nc1cc(-c2ccccc2)nn1-c1ccc(F)cc1)C(=O)c1ccccc1Br. The molecule has 36 heavy (non-hydrogen) atoms. The van der Waals surface area contributed by atoms with E-state index >= 15 is 0 Å². The molecule has 0 aliphatic carbocycles. The van der Waals surface area contributed by atoms with E-state index in [-0.39, 0.29) is 31.4 Å². The quantitative estimate of drug-likeness (QED) is 0.312. The molecule has 0 atom stereocenters. The van der Waals surface area contributed by atoms with Crippen LogP contribution < -0.4 is 5.32 Å². The van der Waals surface area contributed by atoms with Gasteiger partial charge in [-0.1, -0.05) is 42.5 Å². The Hall–Kier alpha value is -3.82. The van der Waals surface area contributed by atoms with Gasteiger partial charge in [-0.05, 0) is 52.3 Å². The van der Waals surface area contributed by atoms with Gasteiger partial charge in [-0.3, -0.25) is 9.59 Å². The average molecular weight is 551 g/mol. The fourth-order valence-corrected chi connectivity index (χ4v) is 4.07. The zero-order valence-electron chi connectivity index (χ0n) is 19.5. The maximum atomic E-state index is 13.5. The van der Waals surface area contributed by atoms with Gasteiger partial charge in [0.15, 0.2) is 0 Å². The van der Waals surface area contributed by atoms with Crippen LogP contribution in [0.15, 0.2) is 89.4 Å². The first kappa shape index (κ1) is 25.3. The summed E-state index contributed by atoms with van der Waals surface area (Å²) in [7, 11) is 1.54. The standard InChI is InChI=1S/C27H24BrFN4O3/c1-36-16-15-32(27(35)22-9-5-6-10-23(22)28)18-26(34)30-25-17-24(19-7-3-2-4-8-19)31-33(25)21-13-11-20(29)12-14-21/h2-14,17H,15-16,18H2,1H3,(H,30,34). The molecule has 1 aromatic heterocycles. The summed E-state index contributed by atoms with van der Waals surface area (Å²) in [5.41, 5.74) is 2.52. The lowest BCUT2D eigenvalue weighted by Crippen LogP contribution is -2.40. The second kappa shape index (κ2) is 11.7. The Bertz CT molecular complexity index is 1340. The van der Waals surface area contributed by atoms with Gasteiger partial charge in [-0.2, -0.15) is 5.10 Å². The van der Waals surface area contributed by atoms with E-state index in [1.54, 1.807) is 36.4 Å². The minimum atomic E-state index is -0.408. The van der Waals surface area contributed by atoms with Crippen molar-refractivity contribution >= 4 is 33.6 Å². The number of rotatable bonds is 9. The highest BCUT2D eigenvalue weighted by Crippen LogP contribution is 2.25. The number of nitrogens with zero attached hydrogens (tertiary/aromatic N) is 3. The Labute approximate surface area is 216 Å². The van der Waals surface area contributed by atoms with Crippen LogP contribution in [0.5, 0.6) is 0 Å². The predicted molar refractivity (Wildman–Crippen MR) is 140 cm³/mol. The molecule has 9 heteroatoms. The van der Waals surface area contributed by atoms with E-state index in [1.165, 1.54) is 28.8 Å². The summed E-state index contributed by atoms with van der Waals surface area (Å²) in [5, 5.41) is 7.49. The van der Waals surface area contributed by atoms with Gasteiger partial charge >= 0.3 is 0 Å². The van der Waals surface area contributed by atoms with E-state index in [0.29, 0.717) is 27.2 Å². The van der Waals surface area contributed by atoms with E-state index < -0.39 is 5.91 Å². The zero-order chi connectivity index (χ0) is 25.5. The van der Waals surface area contributed by atoms with Crippen LogP contribution >= 0.6 is 15.9 Å². The van der Waals surface area contributed by atoms with Crippen LogP contribution in [-0.4, -0.2) is 53.3 Å². The summed E-state index contributed by atoms with van der Waals surface area (Å²) < 4.78 is 20.8.